The molecule has 14 heteroatoms. The summed E-state index contributed by atoms with van der Waals surface area (Å²) in [7, 11) is 0. The Bertz CT molecular complexity index is 1460. The Labute approximate surface area is 239 Å². The normalized spacial score (nSPS) is 14.7. The Balaban J connectivity index is 1.93. The van der Waals surface area contributed by atoms with Crippen LogP contribution >= 0.6 is 11.8 Å². The summed E-state index contributed by atoms with van der Waals surface area (Å²) >= 11 is 0.986. The summed E-state index contributed by atoms with van der Waals surface area (Å²) in [5.41, 5.74) is -6.30. The number of fused-ring (bicyclic) bond motifs is 1. The number of hydrogen-bond acceptors (Lipinski definition) is 6. The van der Waals surface area contributed by atoms with E-state index in [-0.39, 0.29) is 15.4 Å². The molecular formula is C28H20F6N2O5S-2. The first-order valence-corrected chi connectivity index (χ1v) is 13.1. The number of amides is 2. The molecule has 7 nitrogen and oxygen atoms in total. The van der Waals surface area contributed by atoms with E-state index in [2.05, 4.69) is 0 Å². The molecule has 4 rings (SSSR count). The Kier molecular flexibility index (Phi) is 8.22. The topological polar surface area (TPSA) is 104 Å². The van der Waals surface area contributed by atoms with Crippen LogP contribution in [-0.2, 0) is 12.4 Å². The first kappa shape index (κ1) is 30.8. The summed E-state index contributed by atoms with van der Waals surface area (Å²) in [5.74, 6) is -1.25. The predicted octanol–water partition coefficient (Wildman–Crippen LogP) is 5.01. The second-order valence-electron chi connectivity index (χ2n) is 9.58. The smallest absolute Gasteiger partial charge is 0.418 e. The highest BCUT2D eigenvalue weighted by atomic mass is 32.2. The van der Waals surface area contributed by atoms with Crippen LogP contribution in [0.3, 0.4) is 0 Å². The van der Waals surface area contributed by atoms with Gasteiger partial charge in [-0.25, -0.2) is 0 Å². The number of para-hydroxylation sites is 2. The van der Waals surface area contributed by atoms with Crippen LogP contribution in [0, 0.1) is 12.3 Å². The average molecular weight is 611 g/mol. The number of aryl methyl sites for hydroxylation is 1. The van der Waals surface area contributed by atoms with Crippen LogP contribution in [0.15, 0.2) is 71.6 Å². The molecule has 0 radical (unpaired) electrons. The third kappa shape index (κ3) is 5.89. The van der Waals surface area contributed by atoms with Gasteiger partial charge in [0.1, 0.15) is 12.2 Å². The average Bonchev–Trinajstić information content (AvgIpc) is 2.91. The summed E-state index contributed by atoms with van der Waals surface area (Å²) in [6.07, 6.45) is -14.4. The van der Waals surface area contributed by atoms with Crippen molar-refractivity contribution in [1.29, 1.82) is 0 Å². The molecule has 0 spiro atoms. The summed E-state index contributed by atoms with van der Waals surface area (Å²) < 4.78 is 83.1. The van der Waals surface area contributed by atoms with Gasteiger partial charge >= 0.3 is 12.4 Å². The zero-order chi connectivity index (χ0) is 31.0. The minimum absolute atomic E-state index is 0.0403. The number of Topliss-reactive ketones (excluding diaryl/α,β-unsaturated/α-hetero) is 1. The van der Waals surface area contributed by atoms with Crippen molar-refractivity contribution < 1.29 is 50.9 Å². The Morgan fingerprint density at radius 2 is 1.24 bits per heavy atom. The van der Waals surface area contributed by atoms with E-state index in [0.29, 0.717) is 22.6 Å². The van der Waals surface area contributed by atoms with Crippen LogP contribution in [0.25, 0.3) is 0 Å². The van der Waals surface area contributed by atoms with Crippen LogP contribution < -0.4 is 20.0 Å². The number of anilines is 2. The van der Waals surface area contributed by atoms with Crippen molar-refractivity contribution in [3.63, 3.8) is 0 Å². The molecule has 0 saturated carbocycles. The fourth-order valence-electron chi connectivity index (χ4n) is 4.88. The van der Waals surface area contributed by atoms with E-state index < -0.39 is 77.1 Å². The summed E-state index contributed by atoms with van der Waals surface area (Å²) in [6, 6.07) is 11.9. The molecule has 0 fully saturated rings. The number of carbonyl (C=O) groups is 3. The van der Waals surface area contributed by atoms with E-state index in [1.807, 2.05) is 0 Å². The van der Waals surface area contributed by atoms with Crippen LogP contribution in [0.1, 0.15) is 27.0 Å². The van der Waals surface area contributed by atoms with Gasteiger partial charge in [0.05, 0.1) is 27.9 Å². The summed E-state index contributed by atoms with van der Waals surface area (Å²) in [5, 5.41) is 24.7. The zero-order valence-electron chi connectivity index (χ0n) is 21.6. The van der Waals surface area contributed by atoms with Crippen molar-refractivity contribution in [1.82, 2.24) is 0 Å². The minimum Gasteiger partial charge on any atom is -0.530 e. The number of carbonyl (C=O) groups excluding carboxylic acids is 3. The number of alkyl halides is 6. The van der Waals surface area contributed by atoms with Gasteiger partial charge in [0.25, 0.3) is 0 Å². The lowest BCUT2D eigenvalue weighted by Crippen LogP contribution is -2.59. The first-order chi connectivity index (χ1) is 19.6. The number of thioether (sulfide) groups is 1. The van der Waals surface area contributed by atoms with Gasteiger partial charge in [0.15, 0.2) is 5.78 Å². The van der Waals surface area contributed by atoms with E-state index in [0.717, 1.165) is 48.2 Å². The number of halogens is 6. The second-order valence-corrected chi connectivity index (χ2v) is 10.6. The maximum atomic E-state index is 14.2. The molecule has 0 unspecified atom stereocenters. The molecule has 0 saturated heterocycles. The van der Waals surface area contributed by atoms with E-state index in [1.54, 1.807) is 12.1 Å². The lowest BCUT2D eigenvalue weighted by molar-refractivity contribution is -0.247. The minimum atomic E-state index is -5.03. The van der Waals surface area contributed by atoms with Crippen molar-refractivity contribution in [2.45, 2.75) is 24.2 Å². The van der Waals surface area contributed by atoms with Crippen LogP contribution in [0.5, 0.6) is 0 Å². The monoisotopic (exact) mass is 610 g/mol. The summed E-state index contributed by atoms with van der Waals surface area (Å²) in [6.45, 7) is -0.599. The molecule has 0 aromatic heterocycles. The third-order valence-corrected chi connectivity index (χ3v) is 8.16. The van der Waals surface area contributed by atoms with Gasteiger partial charge in [-0.3, -0.25) is 4.79 Å². The SMILES string of the molecule is Cc1cccc2c1C(=O)C(CN(C(=O)[O-])c1ccccc1C(F)(F)F)(CN(C(=O)[O-])c1ccccc1C(F)(F)F)CS2. The molecule has 2 amide bonds. The molecule has 0 atom stereocenters. The molecule has 3 aromatic carbocycles. The Morgan fingerprint density at radius 3 is 1.67 bits per heavy atom. The van der Waals surface area contributed by atoms with Crippen molar-refractivity contribution in [3.8, 4) is 0 Å². The quantitative estimate of drug-likeness (QED) is 0.364. The molecule has 1 aliphatic rings. The highest BCUT2D eigenvalue weighted by molar-refractivity contribution is 7.99. The lowest BCUT2D eigenvalue weighted by atomic mass is 9.78. The van der Waals surface area contributed by atoms with Gasteiger partial charge in [0, 0.05) is 29.3 Å². The van der Waals surface area contributed by atoms with Gasteiger partial charge in [-0.15, -0.1) is 11.8 Å². The Morgan fingerprint density at radius 1 is 0.786 bits per heavy atom. The van der Waals surface area contributed by atoms with E-state index in [4.69, 9.17) is 0 Å². The molecule has 0 N–H and O–H groups in total. The largest absolute Gasteiger partial charge is 0.530 e. The second kappa shape index (κ2) is 11.2. The molecule has 1 heterocycles. The fourth-order valence-corrected chi connectivity index (χ4v) is 6.20. The number of rotatable bonds is 6. The van der Waals surface area contributed by atoms with Crippen LogP contribution in [0.2, 0.25) is 0 Å². The van der Waals surface area contributed by atoms with E-state index in [1.165, 1.54) is 13.0 Å². The van der Waals surface area contributed by atoms with E-state index in [9.17, 15) is 50.9 Å². The molecule has 3 aromatic rings. The third-order valence-electron chi connectivity index (χ3n) is 6.81. The zero-order valence-corrected chi connectivity index (χ0v) is 22.4. The van der Waals surface area contributed by atoms with Gasteiger partial charge in [0.2, 0.25) is 0 Å². The number of ketones is 1. The predicted molar refractivity (Wildman–Crippen MR) is 137 cm³/mol. The molecular weight excluding hydrogens is 590 g/mol. The van der Waals surface area contributed by atoms with Gasteiger partial charge < -0.3 is 29.6 Å². The van der Waals surface area contributed by atoms with Crippen molar-refractivity contribution in [3.05, 3.63) is 89.0 Å². The fraction of sp³-hybridized carbons (Fsp3) is 0.250. The lowest BCUT2D eigenvalue weighted by Gasteiger charge is -2.44. The number of benzene rings is 3. The number of hydrogen-bond donors (Lipinski definition) is 0. The van der Waals surface area contributed by atoms with E-state index >= 15 is 0 Å². The molecule has 42 heavy (non-hydrogen) atoms. The Hall–Kier alpha value is -4.20. The van der Waals surface area contributed by atoms with Crippen molar-refractivity contribution in [2.24, 2.45) is 5.41 Å². The van der Waals surface area contributed by atoms with Gasteiger partial charge in [-0.2, -0.15) is 26.3 Å². The standard InChI is InChI=1S/C28H22F6N2O5S/c1-16-7-6-12-21-22(16)23(37)26(15-42-21,13-35(24(38)39)19-10-4-2-8-17(19)27(29,30)31)14-36(25(40)41)20-11-5-3-9-18(20)28(32,33)34/h2-12H,13-15H2,1H3,(H,38,39)(H,40,41)/p-2. The number of nitrogens with zero attached hydrogens (tertiary/aromatic N) is 2. The maximum absolute atomic E-state index is 14.2. The first-order valence-electron chi connectivity index (χ1n) is 12.1. The van der Waals surface area contributed by atoms with Gasteiger partial charge in [-0.1, -0.05) is 36.4 Å². The highest BCUT2D eigenvalue weighted by Crippen LogP contribution is 2.46. The molecule has 222 valence electrons. The maximum Gasteiger partial charge on any atom is 0.418 e. The van der Waals surface area contributed by atoms with Gasteiger partial charge in [-0.05, 0) is 42.8 Å². The van der Waals surface area contributed by atoms with Crippen molar-refractivity contribution in [2.75, 3.05) is 28.6 Å². The summed E-state index contributed by atoms with van der Waals surface area (Å²) in [4.78, 5) is 39.6. The molecule has 0 bridgehead atoms. The molecule has 1 aliphatic heterocycles. The van der Waals surface area contributed by atoms with Crippen molar-refractivity contribution >= 4 is 41.1 Å². The highest BCUT2D eigenvalue weighted by Gasteiger charge is 2.48. The van der Waals surface area contributed by atoms with Crippen LogP contribution in [0.4, 0.5) is 47.3 Å². The van der Waals surface area contributed by atoms with Crippen LogP contribution in [-0.4, -0.2) is 36.8 Å². The number of carboxylic acid groups (broad SMARTS) is 2. The molecule has 0 aliphatic carbocycles.